The van der Waals surface area contributed by atoms with Crippen molar-refractivity contribution in [3.8, 4) is 0 Å². The molecule has 1 aromatic carbocycles. The standard InChI is InChI=1S/C16H15FO2S/c17-13-7-1-4-11-10-15(19-16(11)13)14(18)8-2-5-12-6-3-9-20-12/h1,3-4,6-7,9-10,14,18H,2,5,8H2. The highest BCUT2D eigenvalue weighted by molar-refractivity contribution is 7.09. The van der Waals surface area contributed by atoms with Crippen molar-refractivity contribution in [3.63, 3.8) is 0 Å². The maximum Gasteiger partial charge on any atom is 0.170 e. The number of halogens is 1. The number of hydrogen-bond acceptors (Lipinski definition) is 3. The third-order valence-corrected chi connectivity index (χ3v) is 4.26. The highest BCUT2D eigenvalue weighted by Gasteiger charge is 2.15. The number of thiophene rings is 1. The van der Waals surface area contributed by atoms with Crippen LogP contribution in [-0.4, -0.2) is 5.11 Å². The van der Waals surface area contributed by atoms with Crippen LogP contribution in [0.5, 0.6) is 0 Å². The normalized spacial score (nSPS) is 12.9. The van der Waals surface area contributed by atoms with Gasteiger partial charge in [0.15, 0.2) is 11.4 Å². The zero-order chi connectivity index (χ0) is 13.9. The van der Waals surface area contributed by atoms with Gasteiger partial charge in [-0.3, -0.25) is 0 Å². The van der Waals surface area contributed by atoms with E-state index in [1.165, 1.54) is 10.9 Å². The number of aliphatic hydroxyl groups excluding tert-OH is 1. The Morgan fingerprint density at radius 1 is 1.25 bits per heavy atom. The summed E-state index contributed by atoms with van der Waals surface area (Å²) in [4.78, 5) is 1.31. The number of aryl methyl sites for hydroxylation is 1. The first kappa shape index (κ1) is 13.3. The van der Waals surface area contributed by atoms with Crippen LogP contribution in [-0.2, 0) is 6.42 Å². The molecule has 4 heteroatoms. The zero-order valence-corrected chi connectivity index (χ0v) is 11.7. The van der Waals surface area contributed by atoms with Crippen molar-refractivity contribution in [2.45, 2.75) is 25.4 Å². The first-order chi connectivity index (χ1) is 9.74. The summed E-state index contributed by atoms with van der Waals surface area (Å²) in [5.74, 6) is 0.0517. The molecule has 0 fully saturated rings. The second kappa shape index (κ2) is 5.77. The second-order valence-corrected chi connectivity index (χ2v) is 5.83. The summed E-state index contributed by atoms with van der Waals surface area (Å²) in [6.45, 7) is 0. The van der Waals surface area contributed by atoms with E-state index in [1.807, 2.05) is 11.4 Å². The summed E-state index contributed by atoms with van der Waals surface area (Å²) in [5, 5.41) is 12.9. The molecule has 0 saturated carbocycles. The first-order valence-corrected chi connectivity index (χ1v) is 7.50. The van der Waals surface area contributed by atoms with Crippen molar-refractivity contribution in [1.82, 2.24) is 0 Å². The van der Waals surface area contributed by atoms with Crippen LogP contribution in [0.2, 0.25) is 0 Å². The molecule has 1 unspecified atom stereocenters. The van der Waals surface area contributed by atoms with E-state index in [0.29, 0.717) is 17.6 Å². The second-order valence-electron chi connectivity index (χ2n) is 4.79. The SMILES string of the molecule is OC(CCCc1cccs1)c1cc2cccc(F)c2o1. The predicted octanol–water partition coefficient (Wildman–Crippen LogP) is 4.69. The molecule has 3 aromatic rings. The molecule has 0 spiro atoms. The molecule has 20 heavy (non-hydrogen) atoms. The minimum absolute atomic E-state index is 0.222. The first-order valence-electron chi connectivity index (χ1n) is 6.62. The van der Waals surface area contributed by atoms with Gasteiger partial charge in [0.05, 0.1) is 0 Å². The van der Waals surface area contributed by atoms with Crippen molar-refractivity contribution in [2.24, 2.45) is 0 Å². The van der Waals surface area contributed by atoms with E-state index in [0.717, 1.165) is 12.8 Å². The van der Waals surface area contributed by atoms with E-state index in [4.69, 9.17) is 4.42 Å². The van der Waals surface area contributed by atoms with E-state index < -0.39 is 6.10 Å². The largest absolute Gasteiger partial charge is 0.455 e. The molecule has 2 heterocycles. The average molecular weight is 290 g/mol. The molecule has 3 rings (SSSR count). The van der Waals surface area contributed by atoms with E-state index >= 15 is 0 Å². The smallest absolute Gasteiger partial charge is 0.170 e. The maximum atomic E-state index is 13.5. The van der Waals surface area contributed by atoms with Gasteiger partial charge in [-0.1, -0.05) is 18.2 Å². The third kappa shape index (κ3) is 2.76. The lowest BCUT2D eigenvalue weighted by Crippen LogP contribution is -1.96. The highest BCUT2D eigenvalue weighted by atomic mass is 32.1. The summed E-state index contributed by atoms with van der Waals surface area (Å²) in [7, 11) is 0. The number of rotatable bonds is 5. The van der Waals surface area contributed by atoms with Gasteiger partial charge in [0.25, 0.3) is 0 Å². The van der Waals surface area contributed by atoms with Crippen molar-refractivity contribution in [2.75, 3.05) is 0 Å². The molecule has 1 N–H and O–H groups in total. The summed E-state index contributed by atoms with van der Waals surface area (Å²) in [5.41, 5.74) is 0.222. The Morgan fingerprint density at radius 2 is 2.15 bits per heavy atom. The van der Waals surface area contributed by atoms with Crippen molar-refractivity contribution in [3.05, 3.63) is 58.2 Å². The number of fused-ring (bicyclic) bond motifs is 1. The fourth-order valence-electron chi connectivity index (χ4n) is 2.28. The van der Waals surface area contributed by atoms with Crippen molar-refractivity contribution in [1.29, 1.82) is 0 Å². The van der Waals surface area contributed by atoms with Gasteiger partial charge in [-0.15, -0.1) is 11.3 Å². The molecule has 0 amide bonds. The number of furan rings is 1. The Hall–Kier alpha value is -1.65. The van der Waals surface area contributed by atoms with Crippen LogP contribution in [0.25, 0.3) is 11.0 Å². The van der Waals surface area contributed by atoms with Crippen LogP contribution in [0.4, 0.5) is 4.39 Å². The van der Waals surface area contributed by atoms with Gasteiger partial charge in [-0.05, 0) is 42.8 Å². The van der Waals surface area contributed by atoms with E-state index in [9.17, 15) is 9.50 Å². The van der Waals surface area contributed by atoms with Gasteiger partial charge in [0, 0.05) is 10.3 Å². The molecular weight excluding hydrogens is 275 g/mol. The topological polar surface area (TPSA) is 33.4 Å². The Kier molecular flexibility index (Phi) is 3.85. The third-order valence-electron chi connectivity index (χ3n) is 3.32. The van der Waals surface area contributed by atoms with Crippen LogP contribution in [0.3, 0.4) is 0 Å². The molecule has 0 radical (unpaired) electrons. The molecular formula is C16H15FO2S. The molecule has 104 valence electrons. The Balaban J connectivity index is 1.66. The number of hydrogen-bond donors (Lipinski definition) is 1. The van der Waals surface area contributed by atoms with Crippen LogP contribution in [0.15, 0.2) is 46.2 Å². The van der Waals surface area contributed by atoms with Crippen LogP contribution >= 0.6 is 11.3 Å². The molecule has 0 aliphatic carbocycles. The molecule has 0 saturated heterocycles. The minimum atomic E-state index is -0.679. The number of benzene rings is 1. The maximum absolute atomic E-state index is 13.5. The van der Waals surface area contributed by atoms with Gasteiger partial charge in [0.1, 0.15) is 11.9 Å². The Morgan fingerprint density at radius 3 is 2.90 bits per heavy atom. The molecule has 1 atom stereocenters. The van der Waals surface area contributed by atoms with Crippen LogP contribution < -0.4 is 0 Å². The molecule has 0 aliphatic heterocycles. The van der Waals surface area contributed by atoms with Gasteiger partial charge >= 0.3 is 0 Å². The van der Waals surface area contributed by atoms with E-state index in [1.54, 1.807) is 29.5 Å². The summed E-state index contributed by atoms with van der Waals surface area (Å²) in [6, 6.07) is 10.6. The van der Waals surface area contributed by atoms with Gasteiger partial charge < -0.3 is 9.52 Å². The molecule has 2 aromatic heterocycles. The number of aliphatic hydroxyl groups is 1. The molecule has 0 aliphatic rings. The monoisotopic (exact) mass is 290 g/mol. The van der Waals surface area contributed by atoms with Gasteiger partial charge in [-0.2, -0.15) is 0 Å². The Labute approximate surface area is 120 Å². The van der Waals surface area contributed by atoms with Crippen molar-refractivity contribution >= 4 is 22.3 Å². The van der Waals surface area contributed by atoms with Gasteiger partial charge in [0.2, 0.25) is 0 Å². The van der Waals surface area contributed by atoms with E-state index in [2.05, 4.69) is 6.07 Å². The quantitative estimate of drug-likeness (QED) is 0.739. The lowest BCUT2D eigenvalue weighted by Gasteiger charge is -2.06. The van der Waals surface area contributed by atoms with Gasteiger partial charge in [-0.25, -0.2) is 4.39 Å². The average Bonchev–Trinajstić information content (AvgIpc) is 3.07. The highest BCUT2D eigenvalue weighted by Crippen LogP contribution is 2.28. The fraction of sp³-hybridized carbons (Fsp3) is 0.250. The number of para-hydroxylation sites is 1. The van der Waals surface area contributed by atoms with Crippen LogP contribution in [0.1, 0.15) is 29.6 Å². The summed E-state index contributed by atoms with van der Waals surface area (Å²) < 4.78 is 19.0. The van der Waals surface area contributed by atoms with Crippen LogP contribution in [0, 0.1) is 5.82 Å². The minimum Gasteiger partial charge on any atom is -0.455 e. The fourth-order valence-corrected chi connectivity index (χ4v) is 3.03. The predicted molar refractivity (Wildman–Crippen MR) is 78.4 cm³/mol. The van der Waals surface area contributed by atoms with Crippen molar-refractivity contribution < 1.29 is 13.9 Å². The Bertz CT molecular complexity index is 688. The van der Waals surface area contributed by atoms with E-state index in [-0.39, 0.29) is 11.4 Å². The summed E-state index contributed by atoms with van der Waals surface area (Å²) >= 11 is 1.72. The summed E-state index contributed by atoms with van der Waals surface area (Å²) in [6.07, 6.45) is 1.76. The molecule has 0 bridgehead atoms. The lowest BCUT2D eigenvalue weighted by molar-refractivity contribution is 0.140. The lowest BCUT2D eigenvalue weighted by atomic mass is 10.1. The molecule has 2 nitrogen and oxygen atoms in total. The zero-order valence-electron chi connectivity index (χ0n) is 10.9.